The van der Waals surface area contributed by atoms with Crippen LogP contribution in [0.1, 0.15) is 30.6 Å². The van der Waals surface area contributed by atoms with E-state index in [2.05, 4.69) is 58.1 Å². The van der Waals surface area contributed by atoms with E-state index >= 15 is 0 Å². The van der Waals surface area contributed by atoms with Crippen LogP contribution in [-0.2, 0) is 13.1 Å². The van der Waals surface area contributed by atoms with E-state index < -0.39 is 0 Å². The van der Waals surface area contributed by atoms with Gasteiger partial charge >= 0.3 is 0 Å². The minimum Gasteiger partial charge on any atom is -0.468 e. The summed E-state index contributed by atoms with van der Waals surface area (Å²) in [5.41, 5.74) is 2.43. The number of furan rings is 1. The molecule has 0 bridgehead atoms. The number of fused-ring (bicyclic) bond motifs is 1. The summed E-state index contributed by atoms with van der Waals surface area (Å²) in [5, 5.41) is 0. The predicted octanol–water partition coefficient (Wildman–Crippen LogP) is 3.70. The number of rotatable bonds is 4. The van der Waals surface area contributed by atoms with Crippen molar-refractivity contribution < 1.29 is 4.42 Å². The molecule has 1 unspecified atom stereocenters. The summed E-state index contributed by atoms with van der Waals surface area (Å²) in [5.74, 6) is 1.10. The highest BCUT2D eigenvalue weighted by Crippen LogP contribution is 2.57. The zero-order chi connectivity index (χ0) is 19.0. The van der Waals surface area contributed by atoms with E-state index in [-0.39, 0.29) is 0 Å². The Hall–Kier alpha value is -1.62. The quantitative estimate of drug-likeness (QED) is 0.808. The SMILES string of the molecule is CN1CC2(C1)CN(Cc1ccccc1)CC21CCCN(Cc2ccco2)CC1. The standard InChI is InChI=1S/C24H33N3O/c1-25-17-24(18-25)20-27(15-21-7-3-2-4-8-21)19-23(24)10-6-12-26(13-11-23)16-22-9-5-14-28-22/h2-5,7-9,14H,6,10-13,15-20H2,1H3. The zero-order valence-corrected chi connectivity index (χ0v) is 17.1. The summed E-state index contributed by atoms with van der Waals surface area (Å²) < 4.78 is 5.61. The first-order valence-electron chi connectivity index (χ1n) is 10.9. The van der Waals surface area contributed by atoms with Crippen LogP contribution in [0, 0.1) is 10.8 Å². The number of benzene rings is 1. The van der Waals surface area contributed by atoms with Gasteiger partial charge in [-0.25, -0.2) is 0 Å². The molecule has 1 aromatic carbocycles. The molecule has 0 aliphatic carbocycles. The Morgan fingerprint density at radius 2 is 1.64 bits per heavy atom. The molecule has 0 radical (unpaired) electrons. The third-order valence-electron chi connectivity index (χ3n) is 7.57. The van der Waals surface area contributed by atoms with Gasteiger partial charge in [-0.15, -0.1) is 0 Å². The Morgan fingerprint density at radius 1 is 0.821 bits per heavy atom. The van der Waals surface area contributed by atoms with Crippen LogP contribution >= 0.6 is 0 Å². The molecule has 0 N–H and O–H groups in total. The largest absolute Gasteiger partial charge is 0.468 e. The molecule has 28 heavy (non-hydrogen) atoms. The van der Waals surface area contributed by atoms with Crippen molar-refractivity contribution in [3.8, 4) is 0 Å². The second kappa shape index (κ2) is 7.33. The van der Waals surface area contributed by atoms with Crippen LogP contribution in [0.25, 0.3) is 0 Å². The Morgan fingerprint density at radius 3 is 2.39 bits per heavy atom. The van der Waals surface area contributed by atoms with E-state index in [1.807, 2.05) is 6.07 Å². The predicted molar refractivity (Wildman–Crippen MR) is 112 cm³/mol. The van der Waals surface area contributed by atoms with Crippen LogP contribution in [0.3, 0.4) is 0 Å². The maximum absolute atomic E-state index is 5.61. The molecule has 0 saturated carbocycles. The molecule has 4 heterocycles. The number of hydrogen-bond donors (Lipinski definition) is 0. The van der Waals surface area contributed by atoms with Crippen LogP contribution in [0.2, 0.25) is 0 Å². The fraction of sp³-hybridized carbons (Fsp3) is 0.583. The van der Waals surface area contributed by atoms with Gasteiger partial charge < -0.3 is 9.32 Å². The molecule has 3 saturated heterocycles. The van der Waals surface area contributed by atoms with Crippen molar-refractivity contribution in [2.75, 3.05) is 46.3 Å². The molecule has 3 fully saturated rings. The maximum atomic E-state index is 5.61. The number of likely N-dealkylation sites (tertiary alicyclic amines) is 3. The van der Waals surface area contributed by atoms with Gasteiger partial charge in [0.05, 0.1) is 12.8 Å². The van der Waals surface area contributed by atoms with Gasteiger partial charge in [0.15, 0.2) is 0 Å². The highest BCUT2D eigenvalue weighted by Gasteiger charge is 2.61. The van der Waals surface area contributed by atoms with Crippen LogP contribution in [0.15, 0.2) is 53.1 Å². The molecule has 2 spiro atoms. The average Bonchev–Trinajstić information content (AvgIpc) is 3.21. The van der Waals surface area contributed by atoms with Gasteiger partial charge in [-0.2, -0.15) is 0 Å². The fourth-order valence-electron chi connectivity index (χ4n) is 6.34. The van der Waals surface area contributed by atoms with Gasteiger partial charge in [0.25, 0.3) is 0 Å². The molecule has 150 valence electrons. The Kier molecular flexibility index (Phi) is 4.82. The minimum absolute atomic E-state index is 0.478. The molecule has 0 amide bonds. The second-order valence-electron chi connectivity index (χ2n) is 9.57. The van der Waals surface area contributed by atoms with Gasteiger partial charge in [-0.3, -0.25) is 9.80 Å². The van der Waals surface area contributed by atoms with E-state index in [0.29, 0.717) is 10.8 Å². The highest BCUT2D eigenvalue weighted by atomic mass is 16.3. The van der Waals surface area contributed by atoms with Crippen LogP contribution in [0.4, 0.5) is 0 Å². The normalized spacial score (nSPS) is 28.6. The third kappa shape index (κ3) is 3.32. The molecule has 5 rings (SSSR count). The lowest BCUT2D eigenvalue weighted by molar-refractivity contribution is -0.0637. The number of hydrogen-bond acceptors (Lipinski definition) is 4. The van der Waals surface area contributed by atoms with Gasteiger partial charge in [-0.05, 0) is 62.5 Å². The van der Waals surface area contributed by atoms with Crippen molar-refractivity contribution in [3.05, 3.63) is 60.1 Å². The highest BCUT2D eigenvalue weighted by molar-refractivity contribution is 5.18. The van der Waals surface area contributed by atoms with Gasteiger partial charge in [-0.1, -0.05) is 30.3 Å². The summed E-state index contributed by atoms with van der Waals surface area (Å²) in [6.07, 6.45) is 5.81. The van der Waals surface area contributed by atoms with Crippen molar-refractivity contribution in [1.82, 2.24) is 14.7 Å². The average molecular weight is 380 g/mol. The molecule has 2 aromatic rings. The first-order chi connectivity index (χ1) is 13.7. The van der Waals surface area contributed by atoms with Gasteiger partial charge in [0, 0.05) is 38.1 Å². The molecule has 1 aromatic heterocycles. The van der Waals surface area contributed by atoms with Crippen LogP contribution in [-0.4, -0.2) is 61.0 Å². The van der Waals surface area contributed by atoms with Crippen molar-refractivity contribution in [2.45, 2.75) is 32.4 Å². The zero-order valence-electron chi connectivity index (χ0n) is 17.1. The topological polar surface area (TPSA) is 22.9 Å². The van der Waals surface area contributed by atoms with E-state index in [9.17, 15) is 0 Å². The van der Waals surface area contributed by atoms with Gasteiger partial charge in [0.2, 0.25) is 0 Å². The molecule has 3 aliphatic heterocycles. The van der Waals surface area contributed by atoms with Crippen LogP contribution in [0.5, 0.6) is 0 Å². The minimum atomic E-state index is 0.478. The third-order valence-corrected chi connectivity index (χ3v) is 7.57. The summed E-state index contributed by atoms with van der Waals surface area (Å²) in [6.45, 7) is 9.55. The lowest BCUT2D eigenvalue weighted by Gasteiger charge is -2.56. The molecule has 1 atom stereocenters. The second-order valence-corrected chi connectivity index (χ2v) is 9.57. The lowest BCUT2D eigenvalue weighted by Crippen LogP contribution is -2.63. The maximum Gasteiger partial charge on any atom is 0.117 e. The molecule has 4 heteroatoms. The first-order valence-corrected chi connectivity index (χ1v) is 10.9. The first kappa shape index (κ1) is 18.4. The monoisotopic (exact) mass is 379 g/mol. The summed E-state index contributed by atoms with van der Waals surface area (Å²) in [6, 6.07) is 15.1. The summed E-state index contributed by atoms with van der Waals surface area (Å²) in [4.78, 5) is 7.90. The van der Waals surface area contributed by atoms with Crippen LogP contribution < -0.4 is 0 Å². The van der Waals surface area contributed by atoms with Crippen molar-refractivity contribution >= 4 is 0 Å². The van der Waals surface area contributed by atoms with E-state index in [1.54, 1.807) is 6.26 Å². The van der Waals surface area contributed by atoms with Crippen molar-refractivity contribution in [3.63, 3.8) is 0 Å². The van der Waals surface area contributed by atoms with E-state index in [4.69, 9.17) is 4.42 Å². The van der Waals surface area contributed by atoms with E-state index in [0.717, 1.165) is 18.8 Å². The Labute approximate surface area is 169 Å². The lowest BCUT2D eigenvalue weighted by atomic mass is 9.58. The molecule has 4 nitrogen and oxygen atoms in total. The Bertz CT molecular complexity index is 768. The fourth-order valence-corrected chi connectivity index (χ4v) is 6.34. The number of nitrogens with zero attached hydrogens (tertiary/aromatic N) is 3. The van der Waals surface area contributed by atoms with Gasteiger partial charge in [0.1, 0.15) is 5.76 Å². The molecular formula is C24H33N3O. The van der Waals surface area contributed by atoms with E-state index in [1.165, 1.54) is 64.1 Å². The molecule has 3 aliphatic rings. The Balaban J connectivity index is 1.31. The van der Waals surface area contributed by atoms with Crippen molar-refractivity contribution in [1.29, 1.82) is 0 Å². The summed E-state index contributed by atoms with van der Waals surface area (Å²) in [7, 11) is 2.29. The molecular weight excluding hydrogens is 346 g/mol. The van der Waals surface area contributed by atoms with Crippen molar-refractivity contribution in [2.24, 2.45) is 10.8 Å². The smallest absolute Gasteiger partial charge is 0.117 e. The summed E-state index contributed by atoms with van der Waals surface area (Å²) >= 11 is 0.